The zero-order chi connectivity index (χ0) is 16.6. The zero-order valence-corrected chi connectivity index (χ0v) is 13.6. The summed E-state index contributed by atoms with van der Waals surface area (Å²) < 4.78 is 37.7. The van der Waals surface area contributed by atoms with Gasteiger partial charge in [-0.05, 0) is 24.5 Å². The van der Waals surface area contributed by atoms with Gasteiger partial charge in [-0.25, -0.2) is 8.42 Å². The molecule has 0 bridgehead atoms. The van der Waals surface area contributed by atoms with Crippen molar-refractivity contribution in [2.45, 2.75) is 43.0 Å². The third-order valence-corrected chi connectivity index (χ3v) is 6.16. The van der Waals surface area contributed by atoms with E-state index >= 15 is 0 Å². The second-order valence-corrected chi connectivity index (χ2v) is 7.57. The molecule has 1 saturated carbocycles. The fourth-order valence-corrected chi connectivity index (χ4v) is 4.96. The first-order valence-electron chi connectivity index (χ1n) is 7.40. The maximum atomic E-state index is 13.1. The van der Waals surface area contributed by atoms with Crippen molar-refractivity contribution in [1.82, 2.24) is 4.31 Å². The van der Waals surface area contributed by atoms with Crippen LogP contribution in [0.2, 0.25) is 0 Å². The van der Waals surface area contributed by atoms with Crippen molar-refractivity contribution in [3.63, 3.8) is 0 Å². The number of methoxy groups -OCH3 is 1. The Kier molecular flexibility index (Phi) is 4.41. The smallest absolute Gasteiger partial charge is 0.324 e. The van der Waals surface area contributed by atoms with Crippen LogP contribution < -0.4 is 0 Å². The number of hydrogen-bond donors (Lipinski definition) is 1. The number of carbonyl (C=O) groups is 1. The summed E-state index contributed by atoms with van der Waals surface area (Å²) in [5.74, 6) is -1.20. The third-order valence-electron chi connectivity index (χ3n) is 4.11. The van der Waals surface area contributed by atoms with Crippen molar-refractivity contribution in [3.05, 3.63) is 29.3 Å². The van der Waals surface area contributed by atoms with Crippen molar-refractivity contribution in [1.29, 1.82) is 0 Å². The Morgan fingerprint density at radius 3 is 2.78 bits per heavy atom. The molecule has 1 unspecified atom stereocenters. The molecule has 1 aromatic carbocycles. The molecule has 7 nitrogen and oxygen atoms in total. The molecule has 8 heteroatoms. The van der Waals surface area contributed by atoms with E-state index in [-0.39, 0.29) is 24.2 Å². The molecule has 1 fully saturated rings. The number of carboxylic acid groups (broad SMARTS) is 1. The molecule has 0 spiro atoms. The second kappa shape index (κ2) is 6.20. The molecule has 1 N–H and O–H groups in total. The van der Waals surface area contributed by atoms with Gasteiger partial charge in [0.25, 0.3) is 0 Å². The Labute approximate surface area is 134 Å². The molecule has 0 amide bonds. The van der Waals surface area contributed by atoms with E-state index in [0.717, 1.165) is 9.87 Å². The van der Waals surface area contributed by atoms with Crippen LogP contribution >= 0.6 is 0 Å². The third kappa shape index (κ3) is 2.99. The molecule has 0 saturated heterocycles. The Morgan fingerprint density at radius 1 is 1.43 bits per heavy atom. The molecule has 1 atom stereocenters. The summed E-state index contributed by atoms with van der Waals surface area (Å²) in [5.41, 5.74) is 1.46. The fraction of sp³-hybridized carbons (Fsp3) is 0.533. The number of nitrogens with zero attached hydrogens (tertiary/aromatic N) is 1. The SMILES string of the molecule is COCC(C(=O)O)N(C1CC1)S(=O)(=O)c1cccc2c1COC2. The van der Waals surface area contributed by atoms with Gasteiger partial charge in [0, 0.05) is 18.7 Å². The summed E-state index contributed by atoms with van der Waals surface area (Å²) in [5, 5.41) is 9.44. The van der Waals surface area contributed by atoms with Gasteiger partial charge in [0.15, 0.2) is 0 Å². The minimum absolute atomic E-state index is 0.141. The molecule has 0 radical (unpaired) electrons. The highest BCUT2D eigenvalue weighted by atomic mass is 32.2. The van der Waals surface area contributed by atoms with E-state index in [2.05, 4.69) is 0 Å². The normalized spacial score (nSPS) is 18.9. The summed E-state index contributed by atoms with van der Waals surface area (Å²) in [4.78, 5) is 11.7. The lowest BCUT2D eigenvalue weighted by molar-refractivity contribution is -0.143. The molecule has 1 aliphatic heterocycles. The van der Waals surface area contributed by atoms with Gasteiger partial charge < -0.3 is 14.6 Å². The predicted octanol–water partition coefficient (Wildman–Crippen LogP) is 0.969. The minimum Gasteiger partial charge on any atom is -0.480 e. The second-order valence-electron chi connectivity index (χ2n) is 5.76. The molecular formula is C15H19NO6S. The zero-order valence-electron chi connectivity index (χ0n) is 12.8. The van der Waals surface area contributed by atoms with E-state index < -0.39 is 22.0 Å². The average Bonchev–Trinajstić information content (AvgIpc) is 3.21. The van der Waals surface area contributed by atoms with E-state index in [9.17, 15) is 18.3 Å². The van der Waals surface area contributed by atoms with Crippen LogP contribution in [0.3, 0.4) is 0 Å². The average molecular weight is 341 g/mol. The quantitative estimate of drug-likeness (QED) is 0.794. The lowest BCUT2D eigenvalue weighted by Gasteiger charge is -2.28. The van der Waals surface area contributed by atoms with Gasteiger partial charge >= 0.3 is 5.97 Å². The van der Waals surface area contributed by atoms with Crippen LogP contribution in [0.5, 0.6) is 0 Å². The molecule has 1 aliphatic carbocycles. The summed E-state index contributed by atoms with van der Waals surface area (Å²) in [7, 11) is -2.57. The number of rotatable bonds is 7. The van der Waals surface area contributed by atoms with Crippen molar-refractivity contribution in [2.24, 2.45) is 0 Å². The van der Waals surface area contributed by atoms with Crippen LogP contribution in [0.1, 0.15) is 24.0 Å². The fourth-order valence-electron chi connectivity index (χ4n) is 2.89. The Bertz CT molecular complexity index is 713. The van der Waals surface area contributed by atoms with Gasteiger partial charge in [0.1, 0.15) is 6.04 Å². The van der Waals surface area contributed by atoms with E-state index in [1.807, 2.05) is 6.07 Å². The first-order chi connectivity index (χ1) is 11.0. The van der Waals surface area contributed by atoms with Crippen LogP contribution in [0.15, 0.2) is 23.1 Å². The first kappa shape index (κ1) is 16.4. The summed E-state index contributed by atoms with van der Waals surface area (Å²) >= 11 is 0. The number of sulfonamides is 1. The standard InChI is InChI=1S/C15H19NO6S/c1-21-9-13(15(17)18)16(11-5-6-11)23(19,20)14-4-2-3-10-7-22-8-12(10)14/h2-4,11,13H,5-9H2,1H3,(H,17,18). The van der Waals surface area contributed by atoms with E-state index in [1.54, 1.807) is 6.07 Å². The van der Waals surface area contributed by atoms with Crippen LogP contribution in [0.4, 0.5) is 0 Å². The predicted molar refractivity (Wildman–Crippen MR) is 80.3 cm³/mol. The van der Waals surface area contributed by atoms with Crippen LogP contribution in [0, 0.1) is 0 Å². The van der Waals surface area contributed by atoms with E-state index in [1.165, 1.54) is 13.2 Å². The monoisotopic (exact) mass is 341 g/mol. The van der Waals surface area contributed by atoms with Gasteiger partial charge in [0.05, 0.1) is 24.7 Å². The molecule has 23 heavy (non-hydrogen) atoms. The van der Waals surface area contributed by atoms with Gasteiger partial charge in [-0.1, -0.05) is 12.1 Å². The number of ether oxygens (including phenoxy) is 2. The van der Waals surface area contributed by atoms with E-state index in [0.29, 0.717) is 25.0 Å². The first-order valence-corrected chi connectivity index (χ1v) is 8.84. The number of fused-ring (bicyclic) bond motifs is 1. The van der Waals surface area contributed by atoms with Crippen molar-refractivity contribution < 1.29 is 27.8 Å². The van der Waals surface area contributed by atoms with Gasteiger partial charge in [-0.15, -0.1) is 0 Å². The summed E-state index contributed by atoms with van der Waals surface area (Å²) in [6, 6.07) is 3.50. The van der Waals surface area contributed by atoms with Crippen LogP contribution in [-0.4, -0.2) is 49.6 Å². The number of carboxylic acids is 1. The highest BCUT2D eigenvalue weighted by Crippen LogP contribution is 2.37. The number of aliphatic carboxylic acids is 1. The maximum absolute atomic E-state index is 13.1. The van der Waals surface area contributed by atoms with Crippen molar-refractivity contribution >= 4 is 16.0 Å². The molecule has 2 aliphatic rings. The maximum Gasteiger partial charge on any atom is 0.324 e. The minimum atomic E-state index is -3.94. The molecule has 0 aromatic heterocycles. The van der Waals surface area contributed by atoms with Crippen LogP contribution in [0.25, 0.3) is 0 Å². The number of benzene rings is 1. The molecule has 126 valence electrons. The van der Waals surface area contributed by atoms with E-state index in [4.69, 9.17) is 9.47 Å². The van der Waals surface area contributed by atoms with Gasteiger partial charge in [-0.3, -0.25) is 4.79 Å². The van der Waals surface area contributed by atoms with Gasteiger partial charge in [-0.2, -0.15) is 4.31 Å². The summed E-state index contributed by atoms with van der Waals surface area (Å²) in [6.07, 6.45) is 1.33. The Morgan fingerprint density at radius 2 is 2.17 bits per heavy atom. The Balaban J connectivity index is 2.05. The topological polar surface area (TPSA) is 93.1 Å². The lowest BCUT2D eigenvalue weighted by Crippen LogP contribution is -2.49. The molecule has 1 heterocycles. The van der Waals surface area contributed by atoms with Crippen molar-refractivity contribution in [2.75, 3.05) is 13.7 Å². The molecule has 1 aromatic rings. The summed E-state index contributed by atoms with van der Waals surface area (Å²) in [6.45, 7) is 0.421. The highest BCUT2D eigenvalue weighted by molar-refractivity contribution is 7.89. The highest BCUT2D eigenvalue weighted by Gasteiger charge is 2.46. The van der Waals surface area contributed by atoms with Crippen LogP contribution in [-0.2, 0) is 37.5 Å². The number of hydrogen-bond acceptors (Lipinski definition) is 5. The van der Waals surface area contributed by atoms with Gasteiger partial charge in [0.2, 0.25) is 10.0 Å². The largest absolute Gasteiger partial charge is 0.480 e. The molecular weight excluding hydrogens is 322 g/mol. The lowest BCUT2D eigenvalue weighted by atomic mass is 10.1. The van der Waals surface area contributed by atoms with Crippen molar-refractivity contribution in [3.8, 4) is 0 Å². The Hall–Kier alpha value is -1.48. The molecule has 3 rings (SSSR count).